The summed E-state index contributed by atoms with van der Waals surface area (Å²) in [5.74, 6) is 0.710. The number of benzene rings is 1. The van der Waals surface area contributed by atoms with Gasteiger partial charge < -0.3 is 14.6 Å². The number of nitrogens with zero attached hydrogens (tertiary/aromatic N) is 3. The van der Waals surface area contributed by atoms with Gasteiger partial charge >= 0.3 is 0 Å². The standard InChI is InChI=1S/C21H26N4O2/c1-14(2)25-13-24-19-11-17(12-23-20(19)25)21(26)22-9-8-16-6-5-7-18(10-16)27-15(3)4/h5-7,10-15H,8-9H2,1-4H3,(H,22,26). The Kier molecular flexibility index (Phi) is 5.74. The van der Waals surface area contributed by atoms with E-state index in [2.05, 4.69) is 29.1 Å². The molecule has 0 fully saturated rings. The number of rotatable bonds is 7. The molecule has 27 heavy (non-hydrogen) atoms. The fourth-order valence-electron chi connectivity index (χ4n) is 2.89. The quantitative estimate of drug-likeness (QED) is 0.691. The van der Waals surface area contributed by atoms with Crippen LogP contribution in [-0.4, -0.2) is 33.1 Å². The number of amides is 1. The van der Waals surface area contributed by atoms with E-state index in [9.17, 15) is 4.79 Å². The lowest BCUT2D eigenvalue weighted by molar-refractivity contribution is 0.0954. The molecule has 6 heteroatoms. The Balaban J connectivity index is 1.60. The van der Waals surface area contributed by atoms with Crippen LogP contribution < -0.4 is 10.1 Å². The third kappa shape index (κ3) is 4.64. The minimum atomic E-state index is -0.141. The summed E-state index contributed by atoms with van der Waals surface area (Å²) in [7, 11) is 0. The molecular formula is C21H26N4O2. The molecule has 0 radical (unpaired) electrons. The lowest BCUT2D eigenvalue weighted by atomic mass is 10.1. The summed E-state index contributed by atoms with van der Waals surface area (Å²) in [6.07, 6.45) is 4.24. The van der Waals surface area contributed by atoms with Gasteiger partial charge in [0, 0.05) is 18.8 Å². The highest BCUT2D eigenvalue weighted by Gasteiger charge is 2.11. The van der Waals surface area contributed by atoms with E-state index in [0.29, 0.717) is 12.1 Å². The van der Waals surface area contributed by atoms with Gasteiger partial charge in [-0.05, 0) is 57.9 Å². The highest BCUT2D eigenvalue weighted by atomic mass is 16.5. The van der Waals surface area contributed by atoms with Crippen LogP contribution in [0.25, 0.3) is 11.2 Å². The molecule has 2 heterocycles. The Labute approximate surface area is 159 Å². The summed E-state index contributed by atoms with van der Waals surface area (Å²) in [5, 5.41) is 2.95. The van der Waals surface area contributed by atoms with Gasteiger partial charge in [-0.3, -0.25) is 4.79 Å². The van der Waals surface area contributed by atoms with Gasteiger partial charge in [0.15, 0.2) is 5.65 Å². The second-order valence-corrected chi connectivity index (χ2v) is 7.13. The molecule has 0 aliphatic carbocycles. The lowest BCUT2D eigenvalue weighted by Crippen LogP contribution is -2.25. The number of ether oxygens (including phenoxy) is 1. The molecule has 142 valence electrons. The number of pyridine rings is 1. The molecule has 1 amide bonds. The Morgan fingerprint density at radius 1 is 1.19 bits per heavy atom. The number of aromatic nitrogens is 3. The van der Waals surface area contributed by atoms with Gasteiger partial charge in [-0.1, -0.05) is 12.1 Å². The van der Waals surface area contributed by atoms with Crippen LogP contribution in [0.2, 0.25) is 0 Å². The molecule has 0 atom stereocenters. The number of carbonyl (C=O) groups is 1. The van der Waals surface area contributed by atoms with Crippen molar-refractivity contribution in [2.45, 2.75) is 46.3 Å². The summed E-state index contributed by atoms with van der Waals surface area (Å²) >= 11 is 0. The van der Waals surface area contributed by atoms with Crippen molar-refractivity contribution in [1.29, 1.82) is 0 Å². The van der Waals surface area contributed by atoms with Crippen LogP contribution in [0.4, 0.5) is 0 Å². The molecule has 1 N–H and O–H groups in total. The highest BCUT2D eigenvalue weighted by Crippen LogP contribution is 2.17. The van der Waals surface area contributed by atoms with E-state index in [0.717, 1.165) is 28.9 Å². The van der Waals surface area contributed by atoms with Crippen LogP contribution in [0.5, 0.6) is 5.75 Å². The van der Waals surface area contributed by atoms with Crippen LogP contribution in [-0.2, 0) is 6.42 Å². The van der Waals surface area contributed by atoms with E-state index in [-0.39, 0.29) is 18.1 Å². The molecule has 3 rings (SSSR count). The monoisotopic (exact) mass is 366 g/mol. The van der Waals surface area contributed by atoms with Crippen molar-refractivity contribution < 1.29 is 9.53 Å². The first kappa shape index (κ1) is 18.9. The summed E-state index contributed by atoms with van der Waals surface area (Å²) in [6.45, 7) is 8.70. The number of hydrogen-bond acceptors (Lipinski definition) is 4. The summed E-state index contributed by atoms with van der Waals surface area (Å²) in [5.41, 5.74) is 3.17. The van der Waals surface area contributed by atoms with Gasteiger partial charge in [0.2, 0.25) is 0 Å². The first-order valence-corrected chi connectivity index (χ1v) is 9.30. The van der Waals surface area contributed by atoms with Crippen LogP contribution >= 0.6 is 0 Å². The second-order valence-electron chi connectivity index (χ2n) is 7.13. The molecule has 0 unspecified atom stereocenters. The fourth-order valence-corrected chi connectivity index (χ4v) is 2.89. The number of fused-ring (bicyclic) bond motifs is 1. The Morgan fingerprint density at radius 3 is 2.74 bits per heavy atom. The maximum atomic E-state index is 12.4. The molecule has 1 aromatic carbocycles. The number of hydrogen-bond donors (Lipinski definition) is 1. The number of nitrogens with one attached hydrogen (secondary N) is 1. The van der Waals surface area contributed by atoms with E-state index in [1.54, 1.807) is 18.6 Å². The van der Waals surface area contributed by atoms with Crippen molar-refractivity contribution >= 4 is 17.1 Å². The van der Waals surface area contributed by atoms with Crippen LogP contribution in [0.1, 0.15) is 49.7 Å². The van der Waals surface area contributed by atoms with E-state index >= 15 is 0 Å². The van der Waals surface area contributed by atoms with E-state index in [4.69, 9.17) is 4.74 Å². The van der Waals surface area contributed by atoms with Crippen LogP contribution in [0.3, 0.4) is 0 Å². The van der Waals surface area contributed by atoms with Gasteiger partial charge in [-0.25, -0.2) is 9.97 Å². The summed E-state index contributed by atoms with van der Waals surface area (Å²) < 4.78 is 7.70. The lowest BCUT2D eigenvalue weighted by Gasteiger charge is -2.11. The largest absolute Gasteiger partial charge is 0.491 e. The van der Waals surface area contributed by atoms with Gasteiger partial charge in [-0.15, -0.1) is 0 Å². The molecule has 0 saturated carbocycles. The second kappa shape index (κ2) is 8.20. The van der Waals surface area contributed by atoms with Gasteiger partial charge in [0.05, 0.1) is 18.0 Å². The molecule has 0 saturated heterocycles. The molecule has 0 spiro atoms. The van der Waals surface area contributed by atoms with Crippen molar-refractivity contribution in [2.75, 3.05) is 6.54 Å². The number of carbonyl (C=O) groups excluding carboxylic acids is 1. The molecule has 0 aliphatic rings. The van der Waals surface area contributed by atoms with E-state index < -0.39 is 0 Å². The SMILES string of the molecule is CC(C)Oc1cccc(CCNC(=O)c2cnc3c(c2)ncn3C(C)C)c1. The maximum absolute atomic E-state index is 12.4. The summed E-state index contributed by atoms with van der Waals surface area (Å²) in [6, 6.07) is 10.0. The Bertz CT molecular complexity index is 931. The third-order valence-electron chi connectivity index (χ3n) is 4.20. The van der Waals surface area contributed by atoms with E-state index in [1.165, 1.54) is 0 Å². The minimum absolute atomic E-state index is 0.140. The average Bonchev–Trinajstić information content (AvgIpc) is 3.04. The molecule has 6 nitrogen and oxygen atoms in total. The Hall–Kier alpha value is -2.89. The predicted octanol–water partition coefficient (Wildman–Crippen LogP) is 3.77. The summed E-state index contributed by atoms with van der Waals surface area (Å²) in [4.78, 5) is 21.2. The van der Waals surface area contributed by atoms with E-state index in [1.807, 2.05) is 42.7 Å². The predicted molar refractivity (Wildman–Crippen MR) is 106 cm³/mol. The van der Waals surface area contributed by atoms with Gasteiger partial charge in [0.25, 0.3) is 5.91 Å². The zero-order valence-electron chi connectivity index (χ0n) is 16.3. The Morgan fingerprint density at radius 2 is 2.00 bits per heavy atom. The van der Waals surface area contributed by atoms with Crippen molar-refractivity contribution in [3.8, 4) is 5.75 Å². The van der Waals surface area contributed by atoms with Crippen LogP contribution in [0.15, 0.2) is 42.9 Å². The fraction of sp³-hybridized carbons (Fsp3) is 0.381. The van der Waals surface area contributed by atoms with Crippen molar-refractivity contribution in [3.63, 3.8) is 0 Å². The van der Waals surface area contributed by atoms with Crippen molar-refractivity contribution in [3.05, 3.63) is 54.0 Å². The molecular weight excluding hydrogens is 340 g/mol. The maximum Gasteiger partial charge on any atom is 0.252 e. The van der Waals surface area contributed by atoms with Gasteiger partial charge in [-0.2, -0.15) is 0 Å². The zero-order valence-corrected chi connectivity index (χ0v) is 16.3. The van der Waals surface area contributed by atoms with Crippen molar-refractivity contribution in [1.82, 2.24) is 19.9 Å². The normalized spacial score (nSPS) is 11.3. The minimum Gasteiger partial charge on any atom is -0.491 e. The molecule has 3 aromatic rings. The molecule has 0 bridgehead atoms. The molecule has 0 aliphatic heterocycles. The average molecular weight is 366 g/mol. The third-order valence-corrected chi connectivity index (χ3v) is 4.20. The topological polar surface area (TPSA) is 69.0 Å². The highest BCUT2D eigenvalue weighted by molar-refractivity contribution is 5.96. The smallest absolute Gasteiger partial charge is 0.252 e. The first-order valence-electron chi connectivity index (χ1n) is 9.30. The first-order chi connectivity index (χ1) is 12.9. The van der Waals surface area contributed by atoms with Crippen LogP contribution in [0, 0.1) is 0 Å². The zero-order chi connectivity index (χ0) is 19.4. The van der Waals surface area contributed by atoms with Gasteiger partial charge in [0.1, 0.15) is 11.3 Å². The molecule has 2 aromatic heterocycles. The number of imidazole rings is 1. The van der Waals surface area contributed by atoms with Crippen molar-refractivity contribution in [2.24, 2.45) is 0 Å².